The summed E-state index contributed by atoms with van der Waals surface area (Å²) in [5.74, 6) is 1.63. The fourth-order valence-corrected chi connectivity index (χ4v) is 6.25. The maximum Gasteiger partial charge on any atom is 0.231 e. The lowest BCUT2D eigenvalue weighted by atomic mass is 10.0. The highest BCUT2D eigenvalue weighted by Gasteiger charge is 2.46. The van der Waals surface area contributed by atoms with Gasteiger partial charge >= 0.3 is 0 Å². The van der Waals surface area contributed by atoms with Gasteiger partial charge < -0.3 is 14.6 Å². The molecule has 0 saturated carbocycles. The molecule has 3 aliphatic heterocycles. The van der Waals surface area contributed by atoms with Crippen molar-refractivity contribution in [1.29, 1.82) is 0 Å². The maximum atomic E-state index is 12.2. The SMILES string of the molecule is O=S1(=O)C[C@@H]2[C@H](C1)N(Cc1cc3c(cc1Cl)OCO3)CCN2CCO. The summed E-state index contributed by atoms with van der Waals surface area (Å²) in [5, 5.41) is 9.84. The van der Waals surface area contributed by atoms with Gasteiger partial charge in [0.15, 0.2) is 21.3 Å². The number of benzene rings is 1. The summed E-state index contributed by atoms with van der Waals surface area (Å²) in [4.78, 5) is 4.28. The van der Waals surface area contributed by atoms with Crippen LogP contribution in [0.5, 0.6) is 11.5 Å². The van der Waals surface area contributed by atoms with Crippen LogP contribution in [0.1, 0.15) is 5.56 Å². The van der Waals surface area contributed by atoms with Crippen molar-refractivity contribution in [3.05, 3.63) is 22.7 Å². The molecule has 1 aromatic carbocycles. The molecule has 2 saturated heterocycles. The molecule has 1 N–H and O–H groups in total. The molecule has 2 atom stereocenters. The van der Waals surface area contributed by atoms with Gasteiger partial charge in [0.1, 0.15) is 0 Å². The number of sulfone groups is 1. The average molecular weight is 389 g/mol. The Hall–Kier alpha value is -1.06. The van der Waals surface area contributed by atoms with Crippen molar-refractivity contribution in [2.24, 2.45) is 0 Å². The molecule has 0 radical (unpaired) electrons. The van der Waals surface area contributed by atoms with Gasteiger partial charge in [-0.3, -0.25) is 9.80 Å². The minimum absolute atomic E-state index is 0.0389. The zero-order valence-electron chi connectivity index (χ0n) is 13.7. The van der Waals surface area contributed by atoms with Crippen LogP contribution >= 0.6 is 11.6 Å². The molecule has 3 heterocycles. The Morgan fingerprint density at radius 1 is 1.12 bits per heavy atom. The second-order valence-corrected chi connectivity index (χ2v) is 9.30. The van der Waals surface area contributed by atoms with Crippen molar-refractivity contribution in [1.82, 2.24) is 9.80 Å². The van der Waals surface area contributed by atoms with Crippen molar-refractivity contribution in [2.75, 3.05) is 44.5 Å². The molecule has 0 aliphatic carbocycles. The van der Waals surface area contributed by atoms with Gasteiger partial charge in [-0.1, -0.05) is 11.6 Å². The van der Waals surface area contributed by atoms with Gasteiger partial charge in [-0.2, -0.15) is 0 Å². The highest BCUT2D eigenvalue weighted by atomic mass is 35.5. The first kappa shape index (κ1) is 17.4. The summed E-state index contributed by atoms with van der Waals surface area (Å²) < 4.78 is 35.1. The van der Waals surface area contributed by atoms with Crippen LogP contribution in [0.3, 0.4) is 0 Å². The quantitative estimate of drug-likeness (QED) is 0.797. The van der Waals surface area contributed by atoms with Crippen molar-refractivity contribution < 1.29 is 23.0 Å². The lowest BCUT2D eigenvalue weighted by Gasteiger charge is -2.43. The molecule has 0 bridgehead atoms. The third kappa shape index (κ3) is 3.33. The van der Waals surface area contributed by atoms with E-state index in [1.54, 1.807) is 6.07 Å². The molecular formula is C16H21ClN2O5S. The van der Waals surface area contributed by atoms with Crippen molar-refractivity contribution >= 4 is 21.4 Å². The molecule has 0 spiro atoms. The fraction of sp³-hybridized carbons (Fsp3) is 0.625. The topological polar surface area (TPSA) is 79.3 Å². The summed E-state index contributed by atoms with van der Waals surface area (Å²) in [5.41, 5.74) is 0.907. The highest BCUT2D eigenvalue weighted by Crippen LogP contribution is 2.38. The van der Waals surface area contributed by atoms with Crippen LogP contribution < -0.4 is 9.47 Å². The minimum atomic E-state index is -3.07. The molecule has 0 amide bonds. The van der Waals surface area contributed by atoms with Gasteiger partial charge in [0.25, 0.3) is 0 Å². The third-order valence-corrected chi connectivity index (χ3v) is 7.26. The van der Waals surface area contributed by atoms with Crippen molar-refractivity contribution in [3.63, 3.8) is 0 Å². The molecule has 0 unspecified atom stereocenters. The van der Waals surface area contributed by atoms with E-state index in [2.05, 4.69) is 9.80 Å². The predicted molar refractivity (Wildman–Crippen MR) is 92.9 cm³/mol. The Morgan fingerprint density at radius 3 is 2.48 bits per heavy atom. The summed E-state index contributed by atoms with van der Waals surface area (Å²) in [7, 11) is -3.07. The van der Waals surface area contributed by atoms with Crippen LogP contribution in [-0.2, 0) is 16.4 Å². The van der Waals surface area contributed by atoms with Crippen LogP contribution in [0, 0.1) is 0 Å². The first-order chi connectivity index (χ1) is 12.0. The molecule has 0 aromatic heterocycles. The Kier molecular flexibility index (Phi) is 4.57. The number of aliphatic hydroxyl groups excluding tert-OH is 1. The van der Waals surface area contributed by atoms with E-state index in [4.69, 9.17) is 21.1 Å². The first-order valence-electron chi connectivity index (χ1n) is 8.34. The second kappa shape index (κ2) is 6.59. The van der Waals surface area contributed by atoms with E-state index < -0.39 is 9.84 Å². The van der Waals surface area contributed by atoms with E-state index in [9.17, 15) is 13.5 Å². The maximum absolute atomic E-state index is 12.2. The molecule has 25 heavy (non-hydrogen) atoms. The number of ether oxygens (including phenoxy) is 2. The van der Waals surface area contributed by atoms with E-state index in [1.165, 1.54) is 0 Å². The molecule has 4 rings (SSSR count). The Labute approximate surface area is 152 Å². The van der Waals surface area contributed by atoms with Gasteiger partial charge in [0.2, 0.25) is 6.79 Å². The Balaban J connectivity index is 1.57. The van der Waals surface area contributed by atoms with Gasteiger partial charge in [-0.25, -0.2) is 8.42 Å². The van der Waals surface area contributed by atoms with Crippen LogP contribution in [0.15, 0.2) is 12.1 Å². The Bertz CT molecular complexity index is 772. The third-order valence-electron chi connectivity index (χ3n) is 5.21. The number of hydrogen-bond acceptors (Lipinski definition) is 7. The molecule has 7 nitrogen and oxygen atoms in total. The molecule has 1 aromatic rings. The summed E-state index contributed by atoms with van der Waals surface area (Å²) in [6.45, 7) is 2.78. The summed E-state index contributed by atoms with van der Waals surface area (Å²) in [6, 6.07) is 3.48. The van der Waals surface area contributed by atoms with Gasteiger partial charge in [-0.05, 0) is 11.6 Å². The van der Waals surface area contributed by atoms with Crippen molar-refractivity contribution in [2.45, 2.75) is 18.6 Å². The first-order valence-corrected chi connectivity index (χ1v) is 10.5. The Morgan fingerprint density at radius 2 is 1.76 bits per heavy atom. The molecular weight excluding hydrogens is 368 g/mol. The normalized spacial score (nSPS) is 28.2. The molecule has 2 fully saturated rings. The lowest BCUT2D eigenvalue weighted by Crippen LogP contribution is -2.59. The highest BCUT2D eigenvalue weighted by molar-refractivity contribution is 7.91. The van der Waals surface area contributed by atoms with Crippen LogP contribution in [0.25, 0.3) is 0 Å². The van der Waals surface area contributed by atoms with Gasteiger partial charge in [-0.15, -0.1) is 0 Å². The number of halogens is 1. The van der Waals surface area contributed by atoms with E-state index in [1.807, 2.05) is 6.07 Å². The minimum Gasteiger partial charge on any atom is -0.454 e. The smallest absolute Gasteiger partial charge is 0.231 e. The molecule has 138 valence electrons. The van der Waals surface area contributed by atoms with E-state index >= 15 is 0 Å². The number of hydrogen-bond donors (Lipinski definition) is 1. The van der Waals surface area contributed by atoms with E-state index in [0.717, 1.165) is 18.7 Å². The average Bonchev–Trinajstić information content (AvgIpc) is 3.12. The molecule has 3 aliphatic rings. The van der Waals surface area contributed by atoms with Gasteiger partial charge in [0.05, 0.1) is 18.1 Å². The number of fused-ring (bicyclic) bond motifs is 2. The van der Waals surface area contributed by atoms with Crippen molar-refractivity contribution in [3.8, 4) is 11.5 Å². The van der Waals surface area contributed by atoms with Crippen LogP contribution in [0.2, 0.25) is 5.02 Å². The molecule has 9 heteroatoms. The largest absolute Gasteiger partial charge is 0.454 e. The standard InChI is InChI=1S/C16H21ClN2O5S/c17-12-6-16-15(23-10-24-16)5-11(12)7-19-2-1-18(3-4-20)13-8-25(21,22)9-14(13)19/h5-6,13-14,20H,1-4,7-10H2/t13-,14+/m1/s1. The zero-order valence-corrected chi connectivity index (χ0v) is 15.3. The summed E-state index contributed by atoms with van der Waals surface area (Å²) in [6.07, 6.45) is 0. The van der Waals surface area contributed by atoms with E-state index in [0.29, 0.717) is 29.6 Å². The zero-order chi connectivity index (χ0) is 17.6. The predicted octanol–water partition coefficient (Wildman–Crippen LogP) is 0.344. The monoisotopic (exact) mass is 388 g/mol. The van der Waals surface area contributed by atoms with Crippen LogP contribution in [-0.4, -0.2) is 79.9 Å². The fourth-order valence-electron chi connectivity index (χ4n) is 4.00. The lowest BCUT2D eigenvalue weighted by molar-refractivity contribution is 0.0307. The number of nitrogens with zero attached hydrogens (tertiary/aromatic N) is 2. The van der Waals surface area contributed by atoms with Crippen LogP contribution in [0.4, 0.5) is 0 Å². The van der Waals surface area contributed by atoms with E-state index in [-0.39, 0.29) is 37.0 Å². The number of rotatable bonds is 4. The second-order valence-electron chi connectivity index (χ2n) is 6.74. The number of β-amino-alcohol motifs (C(OH)–C–C–N with tert-alkyl or cyclic N) is 1. The van der Waals surface area contributed by atoms with Gasteiger partial charge in [0, 0.05) is 49.4 Å². The number of aliphatic hydroxyl groups is 1. The summed E-state index contributed by atoms with van der Waals surface area (Å²) >= 11 is 6.38. The number of piperazine rings is 1.